The lowest BCUT2D eigenvalue weighted by Crippen LogP contribution is -2.56. The third-order valence-corrected chi connectivity index (χ3v) is 4.40. The van der Waals surface area contributed by atoms with E-state index in [-0.39, 0.29) is 17.9 Å². The van der Waals surface area contributed by atoms with E-state index in [4.69, 9.17) is 9.47 Å². The van der Waals surface area contributed by atoms with Crippen molar-refractivity contribution in [2.24, 2.45) is 0 Å². The van der Waals surface area contributed by atoms with E-state index in [9.17, 15) is 9.59 Å². The van der Waals surface area contributed by atoms with Gasteiger partial charge in [-0.3, -0.25) is 4.79 Å². The van der Waals surface area contributed by atoms with E-state index < -0.39 is 5.60 Å². The SMILES string of the molecule is COC[C@H]1CN(C(=O)Nc2ccc3c(c2)CCC3=O)CC(C)(C)O1. The number of rotatable bonds is 3. The molecular weight excluding hydrogens is 308 g/mol. The molecule has 0 unspecified atom stereocenters. The summed E-state index contributed by atoms with van der Waals surface area (Å²) < 4.78 is 11.1. The van der Waals surface area contributed by atoms with Crippen LogP contribution in [0.4, 0.5) is 10.5 Å². The van der Waals surface area contributed by atoms with E-state index in [0.29, 0.717) is 26.1 Å². The Morgan fingerprint density at radius 3 is 2.96 bits per heavy atom. The molecule has 1 aromatic carbocycles. The second-order valence-electron chi connectivity index (χ2n) is 7.06. The normalized spacial score (nSPS) is 22.4. The molecule has 2 amide bonds. The number of aryl methyl sites for hydroxylation is 1. The number of fused-ring (bicyclic) bond motifs is 1. The maximum Gasteiger partial charge on any atom is 0.322 e. The van der Waals surface area contributed by atoms with Crippen LogP contribution in [0.15, 0.2) is 18.2 Å². The summed E-state index contributed by atoms with van der Waals surface area (Å²) >= 11 is 0. The Kier molecular flexibility index (Phi) is 4.60. The van der Waals surface area contributed by atoms with Gasteiger partial charge in [0.15, 0.2) is 5.78 Å². The molecule has 0 spiro atoms. The number of carbonyl (C=O) groups excluding carboxylic acids is 2. The molecule has 1 heterocycles. The molecule has 1 fully saturated rings. The highest BCUT2D eigenvalue weighted by Crippen LogP contribution is 2.26. The Labute approximate surface area is 142 Å². The van der Waals surface area contributed by atoms with Crippen molar-refractivity contribution in [2.75, 3.05) is 32.1 Å². The first-order valence-electron chi connectivity index (χ1n) is 8.27. The van der Waals surface area contributed by atoms with Gasteiger partial charge in [-0.1, -0.05) is 0 Å². The molecule has 3 rings (SSSR count). The van der Waals surface area contributed by atoms with Crippen molar-refractivity contribution in [1.82, 2.24) is 4.90 Å². The van der Waals surface area contributed by atoms with Gasteiger partial charge >= 0.3 is 6.03 Å². The summed E-state index contributed by atoms with van der Waals surface area (Å²) in [5.41, 5.74) is 2.10. The van der Waals surface area contributed by atoms with Crippen molar-refractivity contribution < 1.29 is 19.1 Å². The molecule has 130 valence electrons. The molecule has 0 saturated carbocycles. The van der Waals surface area contributed by atoms with Crippen LogP contribution in [-0.4, -0.2) is 55.2 Å². The number of carbonyl (C=O) groups is 2. The molecule has 6 nitrogen and oxygen atoms in total. The maximum absolute atomic E-state index is 12.6. The van der Waals surface area contributed by atoms with Gasteiger partial charge in [-0.25, -0.2) is 4.79 Å². The minimum atomic E-state index is -0.414. The standard InChI is InChI=1S/C18H24N2O4/c1-18(2)11-20(9-14(24-18)10-23-3)17(22)19-13-5-6-15-12(8-13)4-7-16(15)21/h5-6,8,14H,4,7,9-11H2,1-3H3,(H,19,22)/t14-/m1/s1. The van der Waals surface area contributed by atoms with Crippen LogP contribution in [-0.2, 0) is 15.9 Å². The molecule has 2 aliphatic rings. The van der Waals surface area contributed by atoms with Gasteiger partial charge in [0.2, 0.25) is 0 Å². The molecule has 24 heavy (non-hydrogen) atoms. The van der Waals surface area contributed by atoms with Gasteiger partial charge in [-0.05, 0) is 44.0 Å². The second kappa shape index (κ2) is 6.53. The third-order valence-electron chi connectivity index (χ3n) is 4.40. The number of urea groups is 1. The average molecular weight is 332 g/mol. The number of amides is 2. The van der Waals surface area contributed by atoms with Gasteiger partial charge < -0.3 is 19.7 Å². The molecular formula is C18H24N2O4. The van der Waals surface area contributed by atoms with Crippen LogP contribution in [0.25, 0.3) is 0 Å². The molecule has 0 aromatic heterocycles. The number of anilines is 1. The van der Waals surface area contributed by atoms with Gasteiger partial charge in [0.1, 0.15) is 0 Å². The number of benzene rings is 1. The number of ether oxygens (including phenoxy) is 2. The van der Waals surface area contributed by atoms with Crippen LogP contribution in [0, 0.1) is 0 Å². The largest absolute Gasteiger partial charge is 0.382 e. The second-order valence-corrected chi connectivity index (χ2v) is 7.06. The van der Waals surface area contributed by atoms with Crippen molar-refractivity contribution in [3.63, 3.8) is 0 Å². The van der Waals surface area contributed by atoms with E-state index in [1.807, 2.05) is 19.9 Å². The van der Waals surface area contributed by atoms with Crippen LogP contribution in [0.1, 0.15) is 36.2 Å². The zero-order chi connectivity index (χ0) is 17.3. The molecule has 1 saturated heterocycles. The summed E-state index contributed by atoms with van der Waals surface area (Å²) in [4.78, 5) is 26.1. The summed E-state index contributed by atoms with van der Waals surface area (Å²) in [6, 6.07) is 5.34. The average Bonchev–Trinajstić information content (AvgIpc) is 2.87. The number of hydrogen-bond donors (Lipinski definition) is 1. The van der Waals surface area contributed by atoms with Crippen molar-refractivity contribution >= 4 is 17.5 Å². The Morgan fingerprint density at radius 2 is 2.21 bits per heavy atom. The molecule has 1 aliphatic heterocycles. The summed E-state index contributed by atoms with van der Waals surface area (Å²) in [6.07, 6.45) is 1.17. The minimum absolute atomic E-state index is 0.137. The van der Waals surface area contributed by atoms with Crippen LogP contribution in [0.5, 0.6) is 0 Å². The zero-order valence-corrected chi connectivity index (χ0v) is 14.4. The molecule has 1 N–H and O–H groups in total. The number of nitrogens with zero attached hydrogens (tertiary/aromatic N) is 1. The van der Waals surface area contributed by atoms with Gasteiger partial charge in [-0.2, -0.15) is 0 Å². The predicted octanol–water partition coefficient (Wildman–Crippen LogP) is 2.47. The quantitative estimate of drug-likeness (QED) is 0.923. The van der Waals surface area contributed by atoms with E-state index in [0.717, 1.165) is 23.2 Å². The van der Waals surface area contributed by atoms with Crippen molar-refractivity contribution in [3.8, 4) is 0 Å². The highest BCUT2D eigenvalue weighted by Gasteiger charge is 2.35. The first-order valence-corrected chi connectivity index (χ1v) is 8.27. The predicted molar refractivity (Wildman–Crippen MR) is 90.5 cm³/mol. The minimum Gasteiger partial charge on any atom is -0.382 e. The summed E-state index contributed by atoms with van der Waals surface area (Å²) in [6.45, 7) is 5.40. The van der Waals surface area contributed by atoms with E-state index in [1.54, 1.807) is 24.1 Å². The molecule has 0 bridgehead atoms. The van der Waals surface area contributed by atoms with Gasteiger partial charge in [0.05, 0.1) is 31.4 Å². The summed E-state index contributed by atoms with van der Waals surface area (Å²) in [5, 5.41) is 2.94. The maximum atomic E-state index is 12.6. The lowest BCUT2D eigenvalue weighted by Gasteiger charge is -2.42. The highest BCUT2D eigenvalue weighted by molar-refractivity contribution is 6.01. The Hall–Kier alpha value is -1.92. The molecule has 1 aromatic rings. The van der Waals surface area contributed by atoms with Gasteiger partial charge in [0.25, 0.3) is 0 Å². The highest BCUT2D eigenvalue weighted by atomic mass is 16.5. The third kappa shape index (κ3) is 3.60. The van der Waals surface area contributed by atoms with Gasteiger partial charge in [0, 0.05) is 24.8 Å². The van der Waals surface area contributed by atoms with Crippen LogP contribution in [0.3, 0.4) is 0 Å². The molecule has 0 radical (unpaired) electrons. The summed E-state index contributed by atoms with van der Waals surface area (Å²) in [7, 11) is 1.63. The Balaban J connectivity index is 1.69. The Morgan fingerprint density at radius 1 is 1.42 bits per heavy atom. The summed E-state index contributed by atoms with van der Waals surface area (Å²) in [5.74, 6) is 0.181. The Bertz CT molecular complexity index is 656. The number of methoxy groups -OCH3 is 1. The number of Topliss-reactive ketones (excluding diaryl/α,β-unsaturated/α-hetero) is 1. The zero-order valence-electron chi connectivity index (χ0n) is 14.4. The van der Waals surface area contributed by atoms with E-state index >= 15 is 0 Å². The lowest BCUT2D eigenvalue weighted by molar-refractivity contribution is -0.141. The first-order chi connectivity index (χ1) is 11.4. The molecule has 6 heteroatoms. The monoisotopic (exact) mass is 332 g/mol. The van der Waals surface area contributed by atoms with Crippen LogP contribution in [0.2, 0.25) is 0 Å². The van der Waals surface area contributed by atoms with Gasteiger partial charge in [-0.15, -0.1) is 0 Å². The van der Waals surface area contributed by atoms with Crippen molar-refractivity contribution in [2.45, 2.75) is 38.4 Å². The topological polar surface area (TPSA) is 67.9 Å². The number of hydrogen-bond acceptors (Lipinski definition) is 4. The number of morpholine rings is 1. The van der Waals surface area contributed by atoms with Crippen LogP contribution >= 0.6 is 0 Å². The van der Waals surface area contributed by atoms with Crippen molar-refractivity contribution in [3.05, 3.63) is 29.3 Å². The first kappa shape index (κ1) is 16.9. The van der Waals surface area contributed by atoms with Crippen molar-refractivity contribution in [1.29, 1.82) is 0 Å². The number of nitrogens with one attached hydrogen (secondary N) is 1. The fraction of sp³-hybridized carbons (Fsp3) is 0.556. The fourth-order valence-corrected chi connectivity index (χ4v) is 3.46. The van der Waals surface area contributed by atoms with E-state index in [2.05, 4.69) is 5.32 Å². The van der Waals surface area contributed by atoms with Crippen LogP contribution < -0.4 is 5.32 Å². The van der Waals surface area contributed by atoms with E-state index in [1.165, 1.54) is 0 Å². The smallest absolute Gasteiger partial charge is 0.322 e. The fourth-order valence-electron chi connectivity index (χ4n) is 3.46. The molecule has 1 atom stereocenters. The molecule has 1 aliphatic carbocycles. The lowest BCUT2D eigenvalue weighted by atomic mass is 10.1. The number of ketones is 1.